The minimum absolute atomic E-state index is 0.219. The van der Waals surface area contributed by atoms with Gasteiger partial charge in [0.1, 0.15) is 0 Å². The van der Waals surface area contributed by atoms with Crippen LogP contribution in [-0.4, -0.2) is 11.7 Å². The third kappa shape index (κ3) is 4.17. The molecular weight excluding hydrogens is 314 g/mol. The van der Waals surface area contributed by atoms with Crippen LogP contribution >= 0.6 is 15.9 Å². The van der Waals surface area contributed by atoms with Gasteiger partial charge in [-0.05, 0) is 37.1 Å². The van der Waals surface area contributed by atoms with Gasteiger partial charge in [-0.2, -0.15) is 0 Å². The standard InChI is InChI=1S/C17H20BrNO/c1-12-5-3-6-14(9-12)13(2)19-11-17(20)15-7-4-8-16(18)10-15/h3-10,13,17,19-20H,11H2,1-2H3/t13-,17?/m0/s1. The monoisotopic (exact) mass is 333 g/mol. The Kier molecular flexibility index (Phi) is 5.35. The third-order valence-corrected chi connectivity index (χ3v) is 3.89. The van der Waals surface area contributed by atoms with Crippen LogP contribution < -0.4 is 5.32 Å². The van der Waals surface area contributed by atoms with Gasteiger partial charge in [-0.15, -0.1) is 0 Å². The van der Waals surface area contributed by atoms with Crippen LogP contribution in [0.1, 0.15) is 35.8 Å². The molecule has 0 amide bonds. The van der Waals surface area contributed by atoms with E-state index in [1.807, 2.05) is 24.3 Å². The molecule has 0 heterocycles. The van der Waals surface area contributed by atoms with E-state index in [2.05, 4.69) is 59.4 Å². The topological polar surface area (TPSA) is 32.3 Å². The fourth-order valence-electron chi connectivity index (χ4n) is 2.18. The second-order valence-electron chi connectivity index (χ2n) is 5.11. The Morgan fingerprint density at radius 3 is 2.50 bits per heavy atom. The molecule has 0 aromatic heterocycles. The fourth-order valence-corrected chi connectivity index (χ4v) is 2.59. The van der Waals surface area contributed by atoms with Crippen LogP contribution in [0.3, 0.4) is 0 Å². The van der Waals surface area contributed by atoms with Gasteiger partial charge in [0.15, 0.2) is 0 Å². The SMILES string of the molecule is Cc1cccc([C@H](C)NCC(O)c2cccc(Br)c2)c1. The Morgan fingerprint density at radius 2 is 1.80 bits per heavy atom. The highest BCUT2D eigenvalue weighted by Gasteiger charge is 2.10. The number of aryl methyl sites for hydroxylation is 1. The summed E-state index contributed by atoms with van der Waals surface area (Å²) in [6.45, 7) is 4.74. The molecule has 0 aliphatic carbocycles. The lowest BCUT2D eigenvalue weighted by Crippen LogP contribution is -2.24. The molecule has 0 aliphatic heterocycles. The van der Waals surface area contributed by atoms with E-state index in [0.717, 1.165) is 10.0 Å². The van der Waals surface area contributed by atoms with Crippen molar-refractivity contribution in [1.82, 2.24) is 5.32 Å². The molecule has 0 saturated carbocycles. The molecule has 1 unspecified atom stereocenters. The Balaban J connectivity index is 1.94. The molecule has 0 aliphatic rings. The quantitative estimate of drug-likeness (QED) is 0.861. The zero-order valence-corrected chi connectivity index (χ0v) is 13.4. The maximum Gasteiger partial charge on any atom is 0.0914 e. The minimum atomic E-state index is -0.500. The zero-order valence-electron chi connectivity index (χ0n) is 11.8. The van der Waals surface area contributed by atoms with Gasteiger partial charge in [-0.3, -0.25) is 0 Å². The summed E-state index contributed by atoms with van der Waals surface area (Å²) in [6, 6.07) is 16.4. The lowest BCUT2D eigenvalue weighted by molar-refractivity contribution is 0.170. The molecule has 0 bridgehead atoms. The Labute approximate surface area is 129 Å². The molecule has 106 valence electrons. The number of aliphatic hydroxyl groups is 1. The van der Waals surface area contributed by atoms with Crippen molar-refractivity contribution in [3.63, 3.8) is 0 Å². The summed E-state index contributed by atoms with van der Waals surface area (Å²) >= 11 is 3.42. The molecule has 2 atom stereocenters. The van der Waals surface area contributed by atoms with Crippen LogP contribution in [0, 0.1) is 6.92 Å². The molecule has 0 radical (unpaired) electrons. The zero-order chi connectivity index (χ0) is 14.5. The molecule has 0 spiro atoms. The summed E-state index contributed by atoms with van der Waals surface area (Å²) in [4.78, 5) is 0. The van der Waals surface area contributed by atoms with Crippen molar-refractivity contribution in [3.8, 4) is 0 Å². The molecule has 3 heteroatoms. The highest BCUT2D eigenvalue weighted by Crippen LogP contribution is 2.19. The predicted molar refractivity (Wildman–Crippen MR) is 86.7 cm³/mol. The number of benzene rings is 2. The van der Waals surface area contributed by atoms with Crippen LogP contribution in [0.4, 0.5) is 0 Å². The van der Waals surface area contributed by atoms with E-state index < -0.39 is 6.10 Å². The highest BCUT2D eigenvalue weighted by molar-refractivity contribution is 9.10. The van der Waals surface area contributed by atoms with Crippen LogP contribution in [0.5, 0.6) is 0 Å². The Hall–Kier alpha value is -1.16. The molecular formula is C17H20BrNO. The van der Waals surface area contributed by atoms with E-state index in [1.54, 1.807) is 0 Å². The molecule has 2 nitrogen and oxygen atoms in total. The highest BCUT2D eigenvalue weighted by atomic mass is 79.9. The number of nitrogens with one attached hydrogen (secondary N) is 1. The molecule has 2 N–H and O–H groups in total. The van der Waals surface area contributed by atoms with Crippen molar-refractivity contribution >= 4 is 15.9 Å². The smallest absolute Gasteiger partial charge is 0.0914 e. The van der Waals surface area contributed by atoms with Gasteiger partial charge < -0.3 is 10.4 Å². The summed E-state index contributed by atoms with van der Waals surface area (Å²) in [5, 5.41) is 13.6. The largest absolute Gasteiger partial charge is 0.387 e. The predicted octanol–water partition coefficient (Wildman–Crippen LogP) is 4.14. The first-order chi connectivity index (χ1) is 9.56. The summed E-state index contributed by atoms with van der Waals surface area (Å²) in [5.41, 5.74) is 3.42. The van der Waals surface area contributed by atoms with Crippen LogP contribution in [0.25, 0.3) is 0 Å². The lowest BCUT2D eigenvalue weighted by atomic mass is 10.0. The van der Waals surface area contributed by atoms with Crippen molar-refractivity contribution < 1.29 is 5.11 Å². The molecule has 2 aromatic rings. The van der Waals surface area contributed by atoms with Gasteiger partial charge in [0.25, 0.3) is 0 Å². The van der Waals surface area contributed by atoms with Crippen LogP contribution in [-0.2, 0) is 0 Å². The van der Waals surface area contributed by atoms with Crippen molar-refractivity contribution in [3.05, 3.63) is 69.7 Å². The van der Waals surface area contributed by atoms with E-state index in [4.69, 9.17) is 0 Å². The Morgan fingerprint density at radius 1 is 1.10 bits per heavy atom. The van der Waals surface area contributed by atoms with Gasteiger partial charge in [-0.25, -0.2) is 0 Å². The third-order valence-electron chi connectivity index (χ3n) is 3.39. The van der Waals surface area contributed by atoms with E-state index in [0.29, 0.717) is 6.54 Å². The van der Waals surface area contributed by atoms with Crippen molar-refractivity contribution in [2.45, 2.75) is 26.0 Å². The fraction of sp³-hybridized carbons (Fsp3) is 0.294. The summed E-state index contributed by atoms with van der Waals surface area (Å²) < 4.78 is 0.987. The summed E-state index contributed by atoms with van der Waals surface area (Å²) in [7, 11) is 0. The van der Waals surface area contributed by atoms with Crippen molar-refractivity contribution in [1.29, 1.82) is 0 Å². The van der Waals surface area contributed by atoms with E-state index >= 15 is 0 Å². The minimum Gasteiger partial charge on any atom is -0.387 e. The first-order valence-corrected chi connectivity index (χ1v) is 7.59. The second-order valence-corrected chi connectivity index (χ2v) is 6.03. The average molecular weight is 334 g/mol. The molecule has 0 fully saturated rings. The summed E-state index contributed by atoms with van der Waals surface area (Å²) in [5.74, 6) is 0. The average Bonchev–Trinajstić information content (AvgIpc) is 2.44. The molecule has 2 rings (SSSR count). The van der Waals surface area contributed by atoms with Gasteiger partial charge in [0.2, 0.25) is 0 Å². The maximum atomic E-state index is 10.2. The van der Waals surface area contributed by atoms with Gasteiger partial charge in [0.05, 0.1) is 6.10 Å². The number of aliphatic hydroxyl groups excluding tert-OH is 1. The number of halogens is 1. The van der Waals surface area contributed by atoms with E-state index in [1.165, 1.54) is 11.1 Å². The Bertz CT molecular complexity index is 519. The van der Waals surface area contributed by atoms with Gasteiger partial charge in [-0.1, -0.05) is 57.9 Å². The van der Waals surface area contributed by atoms with Crippen molar-refractivity contribution in [2.75, 3.05) is 6.54 Å². The first-order valence-electron chi connectivity index (χ1n) is 6.80. The molecule has 0 saturated heterocycles. The normalized spacial score (nSPS) is 14.0. The second kappa shape index (κ2) is 7.02. The lowest BCUT2D eigenvalue weighted by Gasteiger charge is -2.18. The van der Waals surface area contributed by atoms with Crippen LogP contribution in [0.15, 0.2) is 53.0 Å². The number of rotatable bonds is 5. The van der Waals surface area contributed by atoms with Gasteiger partial charge in [0, 0.05) is 17.1 Å². The molecule has 2 aromatic carbocycles. The maximum absolute atomic E-state index is 10.2. The van der Waals surface area contributed by atoms with Gasteiger partial charge >= 0.3 is 0 Å². The van der Waals surface area contributed by atoms with E-state index in [-0.39, 0.29) is 6.04 Å². The number of hydrogen-bond acceptors (Lipinski definition) is 2. The number of hydrogen-bond donors (Lipinski definition) is 2. The van der Waals surface area contributed by atoms with Crippen LogP contribution in [0.2, 0.25) is 0 Å². The first kappa shape index (κ1) is 15.2. The van der Waals surface area contributed by atoms with E-state index in [9.17, 15) is 5.11 Å². The summed E-state index contributed by atoms with van der Waals surface area (Å²) in [6.07, 6.45) is -0.500. The van der Waals surface area contributed by atoms with Crippen molar-refractivity contribution in [2.24, 2.45) is 0 Å². The molecule has 20 heavy (non-hydrogen) atoms.